The highest BCUT2D eigenvalue weighted by Gasteiger charge is 2.22. The fourth-order valence-corrected chi connectivity index (χ4v) is 2.40. The summed E-state index contributed by atoms with van der Waals surface area (Å²) in [5.74, 6) is -0.156. The first-order valence-electron chi connectivity index (χ1n) is 6.02. The Balaban J connectivity index is 1.89. The molecule has 0 radical (unpaired) electrons. The third kappa shape index (κ3) is 1.86. The van der Waals surface area contributed by atoms with E-state index in [-0.39, 0.29) is 11.7 Å². The normalized spacial score (nSPS) is 20.3. The smallest absolute Gasteiger partial charge is 0.246 e. The molecule has 0 aromatic heterocycles. The third-order valence-corrected chi connectivity index (χ3v) is 3.55. The van der Waals surface area contributed by atoms with Gasteiger partial charge in [-0.05, 0) is 48.1 Å². The van der Waals surface area contributed by atoms with E-state index in [0.29, 0.717) is 0 Å². The van der Waals surface area contributed by atoms with Crippen molar-refractivity contribution in [3.8, 4) is 0 Å². The lowest BCUT2D eigenvalue weighted by atomic mass is 10.1. The number of halogens is 1. The van der Waals surface area contributed by atoms with E-state index in [9.17, 15) is 9.18 Å². The Bertz CT molecular complexity index is 503. The first kappa shape index (κ1) is 10.5. The molecule has 1 saturated heterocycles. The van der Waals surface area contributed by atoms with Crippen molar-refractivity contribution >= 4 is 11.5 Å². The van der Waals surface area contributed by atoms with Gasteiger partial charge in [-0.1, -0.05) is 6.07 Å². The van der Waals surface area contributed by atoms with Crippen molar-refractivity contribution in [2.75, 3.05) is 13.1 Å². The van der Waals surface area contributed by atoms with Crippen molar-refractivity contribution in [1.29, 1.82) is 0 Å². The molecule has 1 aromatic carbocycles. The van der Waals surface area contributed by atoms with Crippen molar-refractivity contribution in [3.63, 3.8) is 0 Å². The topological polar surface area (TPSA) is 20.3 Å². The summed E-state index contributed by atoms with van der Waals surface area (Å²) < 4.78 is 13.2. The largest absolute Gasteiger partial charge is 0.339 e. The molecule has 0 spiro atoms. The molecule has 0 N–H and O–H groups in total. The Hall–Kier alpha value is -1.64. The highest BCUT2D eigenvalue weighted by Crippen LogP contribution is 2.32. The molecule has 1 aromatic rings. The number of allylic oxidation sites excluding steroid dienone is 1. The fourth-order valence-electron chi connectivity index (χ4n) is 2.40. The minimum atomic E-state index is -0.229. The van der Waals surface area contributed by atoms with Gasteiger partial charge in [-0.3, -0.25) is 4.79 Å². The van der Waals surface area contributed by atoms with Crippen LogP contribution in [-0.4, -0.2) is 23.9 Å². The molecule has 1 heterocycles. The minimum absolute atomic E-state index is 0.0726. The molecule has 2 nitrogen and oxygen atoms in total. The molecule has 88 valence electrons. The van der Waals surface area contributed by atoms with Crippen LogP contribution in [0.15, 0.2) is 24.3 Å². The van der Waals surface area contributed by atoms with Crippen LogP contribution < -0.4 is 0 Å². The van der Waals surface area contributed by atoms with Crippen molar-refractivity contribution in [1.82, 2.24) is 4.90 Å². The lowest BCUT2D eigenvalue weighted by Gasteiger charge is -2.29. The average molecular weight is 231 g/mol. The molecule has 1 amide bonds. The number of aryl methyl sites for hydroxylation is 1. The minimum Gasteiger partial charge on any atom is -0.339 e. The predicted molar refractivity (Wildman–Crippen MR) is 63.9 cm³/mol. The molecule has 1 fully saturated rings. The van der Waals surface area contributed by atoms with Crippen LogP contribution in [0.2, 0.25) is 0 Å². The summed E-state index contributed by atoms with van der Waals surface area (Å²) in [6, 6.07) is 4.84. The number of likely N-dealkylation sites (tertiary alicyclic amines) is 1. The lowest BCUT2D eigenvalue weighted by molar-refractivity contribution is -0.129. The van der Waals surface area contributed by atoms with Gasteiger partial charge >= 0.3 is 0 Å². The number of hydrogen-bond acceptors (Lipinski definition) is 1. The van der Waals surface area contributed by atoms with Crippen LogP contribution in [0.1, 0.15) is 24.0 Å². The van der Waals surface area contributed by atoms with Gasteiger partial charge in [-0.2, -0.15) is 0 Å². The summed E-state index contributed by atoms with van der Waals surface area (Å²) >= 11 is 0. The number of rotatable bonds is 1. The van der Waals surface area contributed by atoms with Crippen LogP contribution in [0.4, 0.5) is 4.39 Å². The maximum atomic E-state index is 13.2. The maximum Gasteiger partial charge on any atom is 0.246 e. The van der Waals surface area contributed by atoms with Gasteiger partial charge in [0.1, 0.15) is 5.82 Å². The zero-order chi connectivity index (χ0) is 11.8. The molecule has 1 aliphatic carbocycles. The second-order valence-corrected chi connectivity index (χ2v) is 4.65. The van der Waals surface area contributed by atoms with Crippen molar-refractivity contribution in [2.45, 2.75) is 19.3 Å². The number of benzene rings is 1. The van der Waals surface area contributed by atoms with Crippen LogP contribution in [0.3, 0.4) is 0 Å². The number of amides is 1. The van der Waals surface area contributed by atoms with Gasteiger partial charge in [0.25, 0.3) is 0 Å². The van der Waals surface area contributed by atoms with Gasteiger partial charge in [-0.15, -0.1) is 0 Å². The predicted octanol–water partition coefficient (Wildman–Crippen LogP) is 2.39. The molecule has 0 atom stereocenters. The molecule has 3 heteroatoms. The lowest BCUT2D eigenvalue weighted by Crippen LogP contribution is -2.41. The van der Waals surface area contributed by atoms with E-state index in [4.69, 9.17) is 0 Å². The fraction of sp³-hybridized carbons (Fsp3) is 0.357. The Morgan fingerprint density at radius 1 is 1.29 bits per heavy atom. The SMILES string of the molecule is O=C(C=C1CCc2ccc(F)cc21)N1CCC1. The summed E-state index contributed by atoms with van der Waals surface area (Å²) in [5, 5.41) is 0. The molecular weight excluding hydrogens is 217 g/mol. The number of carbonyl (C=O) groups excluding carboxylic acids is 1. The van der Waals surface area contributed by atoms with Crippen LogP contribution >= 0.6 is 0 Å². The molecule has 0 unspecified atom stereocenters. The highest BCUT2D eigenvalue weighted by molar-refractivity contribution is 5.96. The standard InChI is InChI=1S/C14H14FNO/c15-12-5-4-10-2-3-11(13(10)9-12)8-14(17)16-6-1-7-16/h4-5,8-9H,1-3,6-7H2. The van der Waals surface area contributed by atoms with Crippen LogP contribution in [0, 0.1) is 5.82 Å². The summed E-state index contributed by atoms with van der Waals surface area (Å²) in [6.45, 7) is 1.72. The second-order valence-electron chi connectivity index (χ2n) is 4.65. The summed E-state index contributed by atoms with van der Waals surface area (Å²) in [4.78, 5) is 13.7. The summed E-state index contributed by atoms with van der Waals surface area (Å²) in [7, 11) is 0. The van der Waals surface area contributed by atoms with E-state index >= 15 is 0 Å². The van der Waals surface area contributed by atoms with Gasteiger partial charge in [0.2, 0.25) is 5.91 Å². The molecule has 1 aliphatic heterocycles. The summed E-state index contributed by atoms with van der Waals surface area (Å²) in [6.07, 6.45) is 4.54. The zero-order valence-corrected chi connectivity index (χ0v) is 9.58. The van der Waals surface area contributed by atoms with Gasteiger partial charge in [0.05, 0.1) is 0 Å². The third-order valence-electron chi connectivity index (χ3n) is 3.55. The Morgan fingerprint density at radius 3 is 2.82 bits per heavy atom. The van der Waals surface area contributed by atoms with E-state index in [1.807, 2.05) is 11.0 Å². The van der Waals surface area contributed by atoms with E-state index in [2.05, 4.69) is 0 Å². The van der Waals surface area contributed by atoms with Crippen LogP contribution in [0.5, 0.6) is 0 Å². The van der Waals surface area contributed by atoms with E-state index < -0.39 is 0 Å². The number of fused-ring (bicyclic) bond motifs is 1. The first-order chi connectivity index (χ1) is 8.24. The van der Waals surface area contributed by atoms with E-state index in [1.165, 1.54) is 12.1 Å². The van der Waals surface area contributed by atoms with Crippen molar-refractivity contribution in [2.24, 2.45) is 0 Å². The van der Waals surface area contributed by atoms with Crippen molar-refractivity contribution in [3.05, 3.63) is 41.2 Å². The first-order valence-corrected chi connectivity index (χ1v) is 6.02. The quantitative estimate of drug-likeness (QED) is 0.679. The number of nitrogens with zero attached hydrogens (tertiary/aromatic N) is 1. The highest BCUT2D eigenvalue weighted by atomic mass is 19.1. The van der Waals surface area contributed by atoms with Gasteiger partial charge in [-0.25, -0.2) is 4.39 Å². The average Bonchev–Trinajstić information content (AvgIpc) is 2.58. The van der Waals surface area contributed by atoms with E-state index in [0.717, 1.165) is 49.1 Å². The monoisotopic (exact) mass is 231 g/mol. The summed E-state index contributed by atoms with van der Waals surface area (Å²) in [5.41, 5.74) is 3.05. The number of hydrogen-bond donors (Lipinski definition) is 0. The molecular formula is C14H14FNO. The molecule has 3 rings (SSSR count). The Morgan fingerprint density at radius 2 is 2.12 bits per heavy atom. The molecule has 0 bridgehead atoms. The number of carbonyl (C=O) groups is 1. The van der Waals surface area contributed by atoms with Gasteiger partial charge in [0, 0.05) is 19.2 Å². The van der Waals surface area contributed by atoms with E-state index in [1.54, 1.807) is 6.08 Å². The molecule has 2 aliphatic rings. The van der Waals surface area contributed by atoms with Gasteiger partial charge in [0.15, 0.2) is 0 Å². The Kier molecular flexibility index (Phi) is 2.46. The second kappa shape index (κ2) is 3.99. The van der Waals surface area contributed by atoms with Crippen LogP contribution in [-0.2, 0) is 11.2 Å². The maximum absolute atomic E-state index is 13.2. The van der Waals surface area contributed by atoms with Crippen LogP contribution in [0.25, 0.3) is 5.57 Å². The molecule has 0 saturated carbocycles. The van der Waals surface area contributed by atoms with Crippen molar-refractivity contribution < 1.29 is 9.18 Å². The molecule has 17 heavy (non-hydrogen) atoms. The Labute approximate surface area is 99.7 Å². The zero-order valence-electron chi connectivity index (χ0n) is 9.58. The van der Waals surface area contributed by atoms with Gasteiger partial charge < -0.3 is 4.90 Å².